The average Bonchev–Trinajstić information content (AvgIpc) is 3.20. The molecule has 0 unspecified atom stereocenters. The minimum Gasteiger partial charge on any atom is -0.310 e. The summed E-state index contributed by atoms with van der Waals surface area (Å²) in [5.41, 5.74) is 21.9. The molecule has 0 aliphatic carbocycles. The molecule has 0 atom stereocenters. The molecular formula is C54H52N2. The highest BCUT2D eigenvalue weighted by Gasteiger charge is 2.16. The summed E-state index contributed by atoms with van der Waals surface area (Å²) in [5.74, 6) is 0. The summed E-state index contributed by atoms with van der Waals surface area (Å²) in [4.78, 5) is 4.70. The molecule has 0 N–H and O–H groups in total. The molecule has 0 bridgehead atoms. The summed E-state index contributed by atoms with van der Waals surface area (Å²) in [7, 11) is 0. The van der Waals surface area contributed by atoms with E-state index in [1.165, 1.54) is 55.6 Å². The normalized spacial score (nSPS) is 11.4. The zero-order valence-electron chi connectivity index (χ0n) is 34.1. The second-order valence-corrected chi connectivity index (χ2v) is 15.2. The topological polar surface area (TPSA) is 6.48 Å². The Hall–Kier alpha value is -6.38. The van der Waals surface area contributed by atoms with Crippen LogP contribution in [-0.4, -0.2) is 0 Å². The second kappa shape index (κ2) is 16.6. The second-order valence-electron chi connectivity index (χ2n) is 15.2. The third-order valence-electron chi connectivity index (χ3n) is 11.2. The van der Waals surface area contributed by atoms with Crippen molar-refractivity contribution in [1.82, 2.24) is 0 Å². The van der Waals surface area contributed by atoms with Crippen LogP contribution >= 0.6 is 0 Å². The molecule has 56 heavy (non-hydrogen) atoms. The molecule has 0 fully saturated rings. The largest absolute Gasteiger partial charge is 0.310 e. The molecule has 0 aromatic heterocycles. The van der Waals surface area contributed by atoms with Crippen LogP contribution in [0.1, 0.15) is 66.8 Å². The van der Waals surface area contributed by atoms with E-state index in [9.17, 15) is 0 Å². The number of nitrogens with zero attached hydrogens (tertiary/aromatic N) is 2. The summed E-state index contributed by atoms with van der Waals surface area (Å²) in [6.07, 6.45) is 8.84. The molecule has 0 saturated heterocycles. The van der Waals surface area contributed by atoms with Gasteiger partial charge in [0.05, 0.1) is 0 Å². The molecule has 0 spiro atoms. The fourth-order valence-electron chi connectivity index (χ4n) is 7.01. The van der Waals surface area contributed by atoms with Gasteiger partial charge in [0.1, 0.15) is 0 Å². The van der Waals surface area contributed by atoms with Crippen molar-refractivity contribution in [2.45, 2.75) is 55.4 Å². The lowest BCUT2D eigenvalue weighted by Crippen LogP contribution is -2.10. The van der Waals surface area contributed by atoms with Crippen molar-refractivity contribution in [2.24, 2.45) is 0 Å². The van der Waals surface area contributed by atoms with Crippen molar-refractivity contribution in [3.05, 3.63) is 212 Å². The lowest BCUT2D eigenvalue weighted by molar-refractivity contribution is 1.23. The Bertz CT molecular complexity index is 2270. The van der Waals surface area contributed by atoms with Crippen LogP contribution in [0.25, 0.3) is 24.3 Å². The van der Waals surface area contributed by atoms with Gasteiger partial charge in [0.2, 0.25) is 0 Å². The van der Waals surface area contributed by atoms with Crippen molar-refractivity contribution in [3.8, 4) is 0 Å². The van der Waals surface area contributed by atoms with Crippen molar-refractivity contribution in [3.63, 3.8) is 0 Å². The highest BCUT2D eigenvalue weighted by Crippen LogP contribution is 2.38. The summed E-state index contributed by atoms with van der Waals surface area (Å²) < 4.78 is 0. The maximum Gasteiger partial charge on any atom is 0.0464 e. The third kappa shape index (κ3) is 8.46. The first-order valence-corrected chi connectivity index (χ1v) is 19.6. The maximum atomic E-state index is 2.35. The van der Waals surface area contributed by atoms with Gasteiger partial charge >= 0.3 is 0 Å². The molecule has 278 valence electrons. The average molecular weight is 729 g/mol. The molecule has 7 aromatic carbocycles. The van der Waals surface area contributed by atoms with E-state index in [-0.39, 0.29) is 0 Å². The third-order valence-corrected chi connectivity index (χ3v) is 11.2. The van der Waals surface area contributed by atoms with Gasteiger partial charge in [-0.25, -0.2) is 0 Å². The quantitative estimate of drug-likeness (QED) is 0.129. The number of rotatable bonds is 10. The monoisotopic (exact) mass is 728 g/mol. The zero-order chi connectivity index (χ0) is 39.3. The fraction of sp³-hybridized carbons (Fsp3) is 0.148. The predicted molar refractivity (Wildman–Crippen MR) is 244 cm³/mol. The maximum absolute atomic E-state index is 2.35. The van der Waals surface area contributed by atoms with Gasteiger partial charge < -0.3 is 9.80 Å². The molecule has 0 heterocycles. The molecule has 0 amide bonds. The van der Waals surface area contributed by atoms with E-state index in [0.717, 1.165) is 45.3 Å². The summed E-state index contributed by atoms with van der Waals surface area (Å²) >= 11 is 0. The van der Waals surface area contributed by atoms with Crippen molar-refractivity contribution in [1.29, 1.82) is 0 Å². The van der Waals surface area contributed by atoms with Crippen LogP contribution in [0.2, 0.25) is 0 Å². The highest BCUT2D eigenvalue weighted by molar-refractivity contribution is 5.83. The van der Waals surface area contributed by atoms with E-state index < -0.39 is 0 Å². The fourth-order valence-corrected chi connectivity index (χ4v) is 7.01. The molecule has 2 nitrogen and oxygen atoms in total. The van der Waals surface area contributed by atoms with E-state index >= 15 is 0 Å². The standard InChI is InChI=1S/C54H52N2/c1-37-13-25-51(33-41(37)5)55(52-26-14-38(2)42(6)34-52)49-29-19-45(20-30-49)17-23-47-11-9-10-12-48(47)24-18-46-21-31-50(32-22-46)56(53-27-15-39(3)43(7)35-53)54-28-16-40(4)44(8)36-54/h9-36H,1-8H3/b23-17+,24-18+. The van der Waals surface area contributed by atoms with Gasteiger partial charge in [0.25, 0.3) is 0 Å². The highest BCUT2D eigenvalue weighted by atomic mass is 15.1. The van der Waals surface area contributed by atoms with E-state index in [1.807, 2.05) is 0 Å². The number of anilines is 6. The Morgan fingerprint density at radius 3 is 0.804 bits per heavy atom. The minimum absolute atomic E-state index is 1.13. The van der Waals surface area contributed by atoms with Crippen LogP contribution in [0.3, 0.4) is 0 Å². The van der Waals surface area contributed by atoms with Crippen molar-refractivity contribution >= 4 is 58.4 Å². The van der Waals surface area contributed by atoms with Crippen LogP contribution in [-0.2, 0) is 0 Å². The predicted octanol–water partition coefficient (Wildman–Crippen LogP) is 15.4. The molecule has 0 radical (unpaired) electrons. The van der Waals surface area contributed by atoms with Gasteiger partial charge in [-0.1, -0.05) is 97.1 Å². The van der Waals surface area contributed by atoms with Gasteiger partial charge in [-0.3, -0.25) is 0 Å². The molecule has 2 heteroatoms. The molecule has 7 rings (SSSR count). The van der Waals surface area contributed by atoms with Crippen LogP contribution in [0, 0.1) is 55.4 Å². The van der Waals surface area contributed by atoms with E-state index in [4.69, 9.17) is 0 Å². The molecule has 0 saturated carbocycles. The summed E-state index contributed by atoms with van der Waals surface area (Å²) in [6, 6.07) is 53.2. The SMILES string of the molecule is Cc1ccc(N(c2ccc(/C=C/c3ccccc3/C=C/c3ccc(N(c4ccc(C)c(C)c4)c4ccc(C)c(C)c4)cc3)cc2)c2ccc(C)c(C)c2)cc1C. The molecular weight excluding hydrogens is 677 g/mol. The van der Waals surface area contributed by atoms with Crippen LogP contribution in [0.15, 0.2) is 146 Å². The number of hydrogen-bond donors (Lipinski definition) is 0. The van der Waals surface area contributed by atoms with Gasteiger partial charge in [-0.05, 0) is 195 Å². The van der Waals surface area contributed by atoms with Gasteiger partial charge in [0, 0.05) is 34.1 Å². The summed E-state index contributed by atoms with van der Waals surface area (Å²) in [5, 5.41) is 0. The zero-order valence-corrected chi connectivity index (χ0v) is 34.1. The van der Waals surface area contributed by atoms with E-state index in [1.54, 1.807) is 0 Å². The first-order chi connectivity index (χ1) is 27.0. The Morgan fingerprint density at radius 1 is 0.268 bits per heavy atom. The smallest absolute Gasteiger partial charge is 0.0464 e. The van der Waals surface area contributed by atoms with Gasteiger partial charge in [0.15, 0.2) is 0 Å². The Balaban J connectivity index is 1.12. The van der Waals surface area contributed by atoms with E-state index in [2.05, 4.69) is 235 Å². The molecule has 0 aliphatic heterocycles. The lowest BCUT2D eigenvalue weighted by Gasteiger charge is -2.27. The Morgan fingerprint density at radius 2 is 0.536 bits per heavy atom. The van der Waals surface area contributed by atoms with Crippen molar-refractivity contribution in [2.75, 3.05) is 9.80 Å². The first kappa shape index (κ1) is 37.9. The first-order valence-electron chi connectivity index (χ1n) is 19.6. The van der Waals surface area contributed by atoms with Crippen LogP contribution in [0.4, 0.5) is 34.1 Å². The number of aryl methyl sites for hydroxylation is 8. The summed E-state index contributed by atoms with van der Waals surface area (Å²) in [6.45, 7) is 17.4. The number of benzene rings is 7. The van der Waals surface area contributed by atoms with Crippen LogP contribution in [0.5, 0.6) is 0 Å². The molecule has 7 aromatic rings. The van der Waals surface area contributed by atoms with Gasteiger partial charge in [-0.15, -0.1) is 0 Å². The lowest BCUT2D eigenvalue weighted by atomic mass is 10.0. The number of hydrogen-bond acceptors (Lipinski definition) is 2. The molecule has 0 aliphatic rings. The Kier molecular flexibility index (Phi) is 11.2. The van der Waals surface area contributed by atoms with Crippen LogP contribution < -0.4 is 9.80 Å². The Labute approximate surface area is 334 Å². The van der Waals surface area contributed by atoms with Crippen molar-refractivity contribution < 1.29 is 0 Å². The van der Waals surface area contributed by atoms with E-state index in [0.29, 0.717) is 0 Å². The van der Waals surface area contributed by atoms with Gasteiger partial charge in [-0.2, -0.15) is 0 Å². The minimum atomic E-state index is 1.13.